The van der Waals surface area contributed by atoms with Crippen molar-refractivity contribution in [3.8, 4) is 0 Å². The number of nitrogens with two attached hydrogens (primary N) is 1. The fourth-order valence-corrected chi connectivity index (χ4v) is 3.46. The van der Waals surface area contributed by atoms with Gasteiger partial charge in [-0.2, -0.15) is 0 Å². The van der Waals surface area contributed by atoms with Gasteiger partial charge in [0.1, 0.15) is 6.04 Å². The van der Waals surface area contributed by atoms with Crippen LogP contribution in [0.25, 0.3) is 0 Å². The van der Waals surface area contributed by atoms with E-state index in [0.717, 1.165) is 16.9 Å². The smallest absolute Gasteiger partial charge is 0.262 e. The number of nitrogens with one attached hydrogen (secondary N) is 1. The number of carbonyl (C=O) groups is 4. The van der Waals surface area contributed by atoms with Crippen LogP contribution in [-0.2, 0) is 25.5 Å². The maximum absolute atomic E-state index is 12.8. The third kappa shape index (κ3) is 5.42. The minimum absolute atomic E-state index is 0. The number of halogens is 1. The van der Waals surface area contributed by atoms with Crippen LogP contribution in [-0.4, -0.2) is 67.5 Å². The summed E-state index contributed by atoms with van der Waals surface area (Å²) in [7, 11) is 0. The lowest BCUT2D eigenvalue weighted by Gasteiger charge is -2.27. The van der Waals surface area contributed by atoms with Crippen LogP contribution in [0.1, 0.15) is 45.5 Å². The molecule has 10 heteroatoms. The van der Waals surface area contributed by atoms with Gasteiger partial charge in [-0.1, -0.05) is 6.07 Å². The van der Waals surface area contributed by atoms with E-state index in [1.54, 1.807) is 12.1 Å². The summed E-state index contributed by atoms with van der Waals surface area (Å²) in [6.07, 6.45) is 1.70. The molecule has 0 radical (unpaired) electrons. The average molecular weight is 440 g/mol. The molecule has 3 rings (SSSR count). The van der Waals surface area contributed by atoms with Crippen LogP contribution in [0.5, 0.6) is 0 Å². The topological polar surface area (TPSA) is 128 Å². The number of nitrogens with zero attached hydrogens (tertiary/aromatic N) is 1. The quantitative estimate of drug-likeness (QED) is 0.399. The van der Waals surface area contributed by atoms with Crippen molar-refractivity contribution < 1.29 is 28.7 Å². The predicted molar refractivity (Wildman–Crippen MR) is 109 cm³/mol. The number of hydrogen-bond donors (Lipinski definition) is 2. The van der Waals surface area contributed by atoms with Gasteiger partial charge in [0.25, 0.3) is 11.8 Å². The Morgan fingerprint density at radius 3 is 2.40 bits per heavy atom. The minimum atomic E-state index is -0.946. The molecule has 4 amide bonds. The Kier molecular flexibility index (Phi) is 8.91. The maximum atomic E-state index is 12.8. The van der Waals surface area contributed by atoms with Gasteiger partial charge in [-0.15, -0.1) is 12.4 Å². The van der Waals surface area contributed by atoms with E-state index in [9.17, 15) is 19.2 Å². The fraction of sp³-hybridized carbons (Fsp3) is 0.500. The number of amides is 4. The van der Waals surface area contributed by atoms with Crippen molar-refractivity contribution in [2.45, 2.75) is 31.7 Å². The fourth-order valence-electron chi connectivity index (χ4n) is 3.46. The van der Waals surface area contributed by atoms with Crippen LogP contribution >= 0.6 is 12.4 Å². The number of carbonyl (C=O) groups excluding carboxylic acids is 4. The van der Waals surface area contributed by atoms with Gasteiger partial charge in [-0.25, -0.2) is 0 Å². The first-order valence-corrected chi connectivity index (χ1v) is 9.73. The molecular weight excluding hydrogens is 414 g/mol. The molecule has 164 valence electrons. The van der Waals surface area contributed by atoms with E-state index in [2.05, 4.69) is 5.32 Å². The van der Waals surface area contributed by atoms with Gasteiger partial charge < -0.3 is 15.2 Å². The third-order valence-corrected chi connectivity index (χ3v) is 4.89. The standard InChI is InChI=1S/C20H25N3O6.ClH/c21-7-9-29-11-10-28-8-1-2-13-3-4-14-15(12-13)20(27)23(19(14)26)16-5-6-17(24)22-18(16)25;/h3-4,12,16H,1-2,5-11,21H2,(H,22,24,25);1H. The molecule has 1 unspecified atom stereocenters. The van der Waals surface area contributed by atoms with E-state index in [0.29, 0.717) is 45.0 Å². The molecule has 0 saturated carbocycles. The zero-order valence-electron chi connectivity index (χ0n) is 16.6. The SMILES string of the molecule is Cl.NCCOCCOCCCc1ccc2c(c1)C(=O)N(C1CCC(=O)NC1=O)C2=O. The highest BCUT2D eigenvalue weighted by molar-refractivity contribution is 6.23. The summed E-state index contributed by atoms with van der Waals surface area (Å²) >= 11 is 0. The van der Waals surface area contributed by atoms with Gasteiger partial charge in [0, 0.05) is 19.6 Å². The van der Waals surface area contributed by atoms with Crippen LogP contribution in [0.15, 0.2) is 18.2 Å². The number of benzene rings is 1. The summed E-state index contributed by atoms with van der Waals surface area (Å²) in [5.41, 5.74) is 6.83. The highest BCUT2D eigenvalue weighted by atomic mass is 35.5. The molecule has 2 heterocycles. The first kappa shape index (κ1) is 23.9. The molecule has 1 atom stereocenters. The molecule has 2 aliphatic rings. The lowest BCUT2D eigenvalue weighted by atomic mass is 10.0. The van der Waals surface area contributed by atoms with E-state index in [1.807, 2.05) is 6.07 Å². The van der Waals surface area contributed by atoms with E-state index in [-0.39, 0.29) is 30.8 Å². The zero-order valence-corrected chi connectivity index (χ0v) is 17.4. The maximum Gasteiger partial charge on any atom is 0.262 e. The average Bonchev–Trinajstić information content (AvgIpc) is 2.94. The summed E-state index contributed by atoms with van der Waals surface area (Å²) in [6.45, 7) is 2.56. The third-order valence-electron chi connectivity index (χ3n) is 4.89. The Hall–Kier alpha value is -2.33. The monoisotopic (exact) mass is 439 g/mol. The van der Waals surface area contributed by atoms with Crippen LogP contribution in [0.2, 0.25) is 0 Å². The molecular formula is C20H26ClN3O6. The molecule has 2 aliphatic heterocycles. The van der Waals surface area contributed by atoms with Crippen LogP contribution in [0.3, 0.4) is 0 Å². The number of rotatable bonds is 10. The molecule has 1 aromatic rings. The van der Waals surface area contributed by atoms with Crippen LogP contribution < -0.4 is 11.1 Å². The Bertz CT molecular complexity index is 816. The van der Waals surface area contributed by atoms with Crippen molar-refractivity contribution in [3.05, 3.63) is 34.9 Å². The highest BCUT2D eigenvalue weighted by Gasteiger charge is 2.44. The first-order chi connectivity index (χ1) is 14.0. The summed E-state index contributed by atoms with van der Waals surface area (Å²) < 4.78 is 10.7. The molecule has 0 aromatic heterocycles. The molecule has 0 aliphatic carbocycles. The van der Waals surface area contributed by atoms with Crippen LogP contribution in [0, 0.1) is 0 Å². The van der Waals surface area contributed by atoms with Gasteiger partial charge in [0.15, 0.2) is 0 Å². The summed E-state index contributed by atoms with van der Waals surface area (Å²) in [5.74, 6) is -1.98. The molecule has 1 aromatic carbocycles. The second-order valence-electron chi connectivity index (χ2n) is 6.94. The predicted octanol–water partition coefficient (Wildman–Crippen LogP) is 0.434. The number of imide groups is 2. The van der Waals surface area contributed by atoms with Crippen molar-refractivity contribution in [3.63, 3.8) is 0 Å². The van der Waals surface area contributed by atoms with Crippen molar-refractivity contribution in [1.82, 2.24) is 10.2 Å². The second kappa shape index (κ2) is 11.2. The second-order valence-corrected chi connectivity index (χ2v) is 6.94. The summed E-state index contributed by atoms with van der Waals surface area (Å²) in [4.78, 5) is 49.8. The van der Waals surface area contributed by atoms with Gasteiger partial charge in [0.05, 0.1) is 30.9 Å². The molecule has 3 N–H and O–H groups in total. The Morgan fingerprint density at radius 1 is 1.00 bits per heavy atom. The summed E-state index contributed by atoms with van der Waals surface area (Å²) in [6, 6.07) is 4.19. The highest BCUT2D eigenvalue weighted by Crippen LogP contribution is 2.28. The van der Waals surface area contributed by atoms with Crippen molar-refractivity contribution in [2.24, 2.45) is 5.73 Å². The number of aryl methyl sites for hydroxylation is 1. The van der Waals surface area contributed by atoms with Crippen LogP contribution in [0.4, 0.5) is 0 Å². The largest absolute Gasteiger partial charge is 0.379 e. The molecule has 1 fully saturated rings. The summed E-state index contributed by atoms with van der Waals surface area (Å²) in [5, 5.41) is 2.19. The first-order valence-electron chi connectivity index (χ1n) is 9.73. The van der Waals surface area contributed by atoms with Gasteiger partial charge in [0.2, 0.25) is 11.8 Å². The lowest BCUT2D eigenvalue weighted by Crippen LogP contribution is -2.54. The minimum Gasteiger partial charge on any atom is -0.379 e. The Labute approximate surface area is 180 Å². The van der Waals surface area contributed by atoms with E-state index >= 15 is 0 Å². The number of fused-ring (bicyclic) bond motifs is 1. The normalized spacial score (nSPS) is 18.3. The molecule has 0 bridgehead atoms. The van der Waals surface area contributed by atoms with Gasteiger partial charge >= 0.3 is 0 Å². The van der Waals surface area contributed by atoms with Gasteiger partial charge in [-0.05, 0) is 37.0 Å². The molecule has 30 heavy (non-hydrogen) atoms. The Morgan fingerprint density at radius 2 is 1.70 bits per heavy atom. The van der Waals surface area contributed by atoms with Crippen molar-refractivity contribution in [2.75, 3.05) is 33.0 Å². The van der Waals surface area contributed by atoms with Crippen molar-refractivity contribution in [1.29, 1.82) is 0 Å². The van der Waals surface area contributed by atoms with E-state index in [4.69, 9.17) is 15.2 Å². The zero-order chi connectivity index (χ0) is 20.8. The number of piperidine rings is 1. The lowest BCUT2D eigenvalue weighted by molar-refractivity contribution is -0.136. The number of hydrogen-bond acceptors (Lipinski definition) is 7. The van der Waals surface area contributed by atoms with E-state index in [1.165, 1.54) is 0 Å². The van der Waals surface area contributed by atoms with Gasteiger partial charge in [-0.3, -0.25) is 29.4 Å². The van der Waals surface area contributed by atoms with E-state index < -0.39 is 29.7 Å². The number of ether oxygens (including phenoxy) is 2. The molecule has 0 spiro atoms. The van der Waals surface area contributed by atoms with Crippen molar-refractivity contribution >= 4 is 36.0 Å². The molecule has 9 nitrogen and oxygen atoms in total. The molecule has 1 saturated heterocycles. The Balaban J connectivity index is 0.00000320.